The number of rotatable bonds is 3. The monoisotopic (exact) mass is 696 g/mol. The zero-order valence-electron chi connectivity index (χ0n) is 30.3. The molecular formula is C55H36. The fourth-order valence-electron chi connectivity index (χ4n) is 9.34. The van der Waals surface area contributed by atoms with Crippen LogP contribution in [0.4, 0.5) is 0 Å². The maximum atomic E-state index is 2.48. The van der Waals surface area contributed by atoms with Crippen LogP contribution in [0.3, 0.4) is 0 Å². The molecule has 0 unspecified atom stereocenters. The van der Waals surface area contributed by atoms with Gasteiger partial charge in [0.2, 0.25) is 0 Å². The van der Waals surface area contributed by atoms with Gasteiger partial charge in [0.25, 0.3) is 0 Å². The summed E-state index contributed by atoms with van der Waals surface area (Å²) in [6, 6.07) is 78.9. The van der Waals surface area contributed by atoms with Crippen molar-refractivity contribution in [3.63, 3.8) is 0 Å². The first-order valence-electron chi connectivity index (χ1n) is 19.2. The summed E-state index contributed by atoms with van der Waals surface area (Å²) in [6.45, 7) is 0. The van der Waals surface area contributed by atoms with Gasteiger partial charge in [-0.1, -0.05) is 200 Å². The van der Waals surface area contributed by atoms with Gasteiger partial charge >= 0.3 is 0 Å². The van der Waals surface area contributed by atoms with Gasteiger partial charge in [-0.05, 0) is 118 Å². The predicted octanol–water partition coefficient (Wildman–Crippen LogP) is 14.8. The van der Waals surface area contributed by atoms with E-state index in [0.29, 0.717) is 0 Å². The van der Waals surface area contributed by atoms with Crippen molar-refractivity contribution in [2.75, 3.05) is 0 Å². The van der Waals surface area contributed by atoms with E-state index in [1.165, 1.54) is 106 Å². The summed E-state index contributed by atoms with van der Waals surface area (Å²) in [6.07, 6.45) is 0. The quantitative estimate of drug-likeness (QED) is 0.161. The Balaban J connectivity index is 1.16. The minimum Gasteiger partial charge on any atom is -0.0622 e. The second-order valence-corrected chi connectivity index (χ2v) is 14.7. The molecule has 9 aromatic rings. The number of benzene rings is 9. The summed E-state index contributed by atoms with van der Waals surface area (Å²) in [4.78, 5) is 0. The van der Waals surface area contributed by atoms with Crippen molar-refractivity contribution in [3.05, 3.63) is 229 Å². The molecule has 0 fully saturated rings. The van der Waals surface area contributed by atoms with E-state index in [1.54, 1.807) is 0 Å². The molecular weight excluding hydrogens is 661 g/mol. The highest BCUT2D eigenvalue weighted by Crippen LogP contribution is 2.51. The van der Waals surface area contributed by atoms with E-state index in [9.17, 15) is 0 Å². The van der Waals surface area contributed by atoms with Gasteiger partial charge in [0, 0.05) is 5.92 Å². The standard InChI is InChI=1S/C55H36/c1-2-16-36(17-3-1)55(37-30-32-51-47-26-10-8-22-43(47)39-18-4-6-20-41(39)45-24-12-14-28-49(45)53(51)34-37)38-31-33-52-48-27-11-9-23-44(48)40-19-5-7-21-42(40)46-25-13-15-29-50(46)54(52)35-38/h1-35,55H. The predicted molar refractivity (Wildman–Crippen MR) is 231 cm³/mol. The molecule has 11 rings (SSSR count). The zero-order valence-corrected chi connectivity index (χ0v) is 30.3. The lowest BCUT2D eigenvalue weighted by atomic mass is 9.76. The number of hydrogen-bond acceptors (Lipinski definition) is 0. The van der Waals surface area contributed by atoms with E-state index in [0.717, 1.165) is 0 Å². The smallest absolute Gasteiger partial charge is 0.0340 e. The van der Waals surface area contributed by atoms with Crippen LogP contribution in [0.5, 0.6) is 0 Å². The van der Waals surface area contributed by atoms with Crippen molar-refractivity contribution in [3.8, 4) is 89.0 Å². The summed E-state index contributed by atoms with van der Waals surface area (Å²) < 4.78 is 0. The van der Waals surface area contributed by atoms with Crippen LogP contribution in [0.25, 0.3) is 89.0 Å². The highest BCUT2D eigenvalue weighted by atomic mass is 14.3. The van der Waals surface area contributed by atoms with Crippen LogP contribution >= 0.6 is 0 Å². The van der Waals surface area contributed by atoms with Gasteiger partial charge in [-0.15, -0.1) is 0 Å². The Hall–Kier alpha value is -7.02. The van der Waals surface area contributed by atoms with Crippen molar-refractivity contribution in [2.24, 2.45) is 0 Å². The van der Waals surface area contributed by atoms with Crippen LogP contribution in [-0.4, -0.2) is 0 Å². The van der Waals surface area contributed by atoms with Gasteiger partial charge in [-0.3, -0.25) is 0 Å². The molecule has 2 aliphatic rings. The van der Waals surface area contributed by atoms with Gasteiger partial charge in [-0.2, -0.15) is 0 Å². The molecule has 0 spiro atoms. The molecule has 0 N–H and O–H groups in total. The van der Waals surface area contributed by atoms with Crippen LogP contribution in [0.1, 0.15) is 22.6 Å². The molecule has 0 amide bonds. The molecule has 0 aliphatic heterocycles. The first kappa shape index (κ1) is 31.5. The third-order valence-electron chi connectivity index (χ3n) is 11.8. The molecule has 9 aromatic carbocycles. The molecule has 0 heteroatoms. The van der Waals surface area contributed by atoms with Gasteiger partial charge < -0.3 is 0 Å². The summed E-state index contributed by atoms with van der Waals surface area (Å²) in [7, 11) is 0. The normalized spacial score (nSPS) is 11.8. The van der Waals surface area contributed by atoms with Gasteiger partial charge in [0.05, 0.1) is 0 Å². The molecule has 0 nitrogen and oxygen atoms in total. The Kier molecular flexibility index (Phi) is 7.35. The lowest BCUT2D eigenvalue weighted by Gasteiger charge is -2.27. The van der Waals surface area contributed by atoms with Gasteiger partial charge in [0.1, 0.15) is 0 Å². The Morgan fingerprint density at radius 3 is 0.655 bits per heavy atom. The molecule has 55 heavy (non-hydrogen) atoms. The second kappa shape index (κ2) is 12.8. The van der Waals surface area contributed by atoms with E-state index in [4.69, 9.17) is 0 Å². The minimum absolute atomic E-state index is 0.0112. The van der Waals surface area contributed by atoms with Gasteiger partial charge in [-0.25, -0.2) is 0 Å². The average Bonchev–Trinajstić information content (AvgIpc) is 3.26. The summed E-state index contributed by atoms with van der Waals surface area (Å²) >= 11 is 0. The van der Waals surface area contributed by atoms with Crippen LogP contribution in [0, 0.1) is 0 Å². The van der Waals surface area contributed by atoms with E-state index >= 15 is 0 Å². The van der Waals surface area contributed by atoms with Crippen molar-refractivity contribution >= 4 is 0 Å². The fraction of sp³-hybridized carbons (Fsp3) is 0.0182. The van der Waals surface area contributed by atoms with Crippen molar-refractivity contribution in [1.29, 1.82) is 0 Å². The third kappa shape index (κ3) is 5.07. The molecule has 0 heterocycles. The Morgan fingerprint density at radius 2 is 0.382 bits per heavy atom. The maximum absolute atomic E-state index is 2.48. The Labute approximate surface area is 322 Å². The largest absolute Gasteiger partial charge is 0.0622 e. The maximum Gasteiger partial charge on any atom is 0.0340 e. The first-order chi connectivity index (χ1) is 27.3. The fourth-order valence-corrected chi connectivity index (χ4v) is 9.34. The van der Waals surface area contributed by atoms with Crippen molar-refractivity contribution in [1.82, 2.24) is 0 Å². The van der Waals surface area contributed by atoms with Crippen LogP contribution in [-0.2, 0) is 0 Å². The molecule has 0 aromatic heterocycles. The average molecular weight is 697 g/mol. The van der Waals surface area contributed by atoms with E-state index in [1.807, 2.05) is 0 Å². The summed E-state index contributed by atoms with van der Waals surface area (Å²) in [5.41, 5.74) is 24.0. The SMILES string of the molecule is c1ccc(C(c2ccc3c(c2)-c2ccccc2-c2ccccc2-c2ccccc2-3)c2ccc3c(c2)-c2ccccc2-c2ccccc2-c2ccccc2-3)cc1. The zero-order chi connectivity index (χ0) is 36.3. The summed E-state index contributed by atoms with van der Waals surface area (Å²) in [5, 5.41) is 0. The van der Waals surface area contributed by atoms with E-state index < -0.39 is 0 Å². The Morgan fingerprint density at radius 1 is 0.164 bits per heavy atom. The molecule has 0 atom stereocenters. The lowest BCUT2D eigenvalue weighted by Crippen LogP contribution is -2.06. The van der Waals surface area contributed by atoms with Crippen molar-refractivity contribution < 1.29 is 0 Å². The molecule has 0 radical (unpaired) electrons. The molecule has 0 saturated heterocycles. The van der Waals surface area contributed by atoms with Crippen LogP contribution < -0.4 is 0 Å². The lowest BCUT2D eigenvalue weighted by molar-refractivity contribution is 0.979. The summed E-state index contributed by atoms with van der Waals surface area (Å²) in [5.74, 6) is 0.0112. The molecule has 0 bridgehead atoms. The highest BCUT2D eigenvalue weighted by molar-refractivity contribution is 6.04. The number of hydrogen-bond donors (Lipinski definition) is 0. The first-order valence-corrected chi connectivity index (χ1v) is 19.2. The van der Waals surface area contributed by atoms with E-state index in [-0.39, 0.29) is 5.92 Å². The molecule has 256 valence electrons. The Bertz CT molecular complexity index is 2730. The van der Waals surface area contributed by atoms with Crippen LogP contribution in [0.2, 0.25) is 0 Å². The number of fused-ring (bicyclic) bond motifs is 16. The van der Waals surface area contributed by atoms with Crippen LogP contribution in [0.15, 0.2) is 212 Å². The van der Waals surface area contributed by atoms with Crippen molar-refractivity contribution in [2.45, 2.75) is 5.92 Å². The second-order valence-electron chi connectivity index (χ2n) is 14.7. The third-order valence-corrected chi connectivity index (χ3v) is 11.8. The van der Waals surface area contributed by atoms with E-state index in [2.05, 4.69) is 212 Å². The minimum atomic E-state index is 0.0112. The topological polar surface area (TPSA) is 0 Å². The molecule has 2 aliphatic carbocycles. The van der Waals surface area contributed by atoms with Gasteiger partial charge in [0.15, 0.2) is 0 Å². The highest BCUT2D eigenvalue weighted by Gasteiger charge is 2.27. The molecule has 0 saturated carbocycles.